The Morgan fingerprint density at radius 2 is 1.67 bits per heavy atom. The second-order valence-electron chi connectivity index (χ2n) is 6.24. The molecule has 1 unspecified atom stereocenters. The van der Waals surface area contributed by atoms with Gasteiger partial charge in [0.25, 0.3) is 0 Å². The number of nitrogens with one attached hydrogen (secondary N) is 1. The smallest absolute Gasteiger partial charge is 0.321 e. The highest BCUT2D eigenvalue weighted by Crippen LogP contribution is 2.20. The summed E-state index contributed by atoms with van der Waals surface area (Å²) in [5, 5.41) is 9.02. The SMILES string of the molecule is CC(C)CC(NS(=O)(=O)CCC(C)(C)S(C)(=O)=O)C(=O)O. The van der Waals surface area contributed by atoms with Crippen LogP contribution in [0.4, 0.5) is 0 Å². The van der Waals surface area contributed by atoms with E-state index in [2.05, 4.69) is 4.72 Å². The zero-order valence-corrected chi connectivity index (χ0v) is 14.7. The van der Waals surface area contributed by atoms with Gasteiger partial charge in [0.1, 0.15) is 6.04 Å². The molecule has 1 atom stereocenters. The largest absolute Gasteiger partial charge is 0.480 e. The van der Waals surface area contributed by atoms with E-state index >= 15 is 0 Å². The molecule has 0 rings (SSSR count). The molecular formula is C12H25NO6S2. The summed E-state index contributed by atoms with van der Waals surface area (Å²) in [6.45, 7) is 6.47. The predicted molar refractivity (Wildman–Crippen MR) is 81.3 cm³/mol. The van der Waals surface area contributed by atoms with E-state index in [1.807, 2.05) is 0 Å². The van der Waals surface area contributed by atoms with Gasteiger partial charge in [-0.3, -0.25) is 4.79 Å². The Hall–Kier alpha value is -0.670. The molecule has 0 aromatic carbocycles. The maximum atomic E-state index is 11.9. The van der Waals surface area contributed by atoms with Crippen LogP contribution in [0.5, 0.6) is 0 Å². The van der Waals surface area contributed by atoms with Crippen molar-refractivity contribution in [1.82, 2.24) is 4.72 Å². The average molecular weight is 343 g/mol. The van der Waals surface area contributed by atoms with Crippen LogP contribution in [0.25, 0.3) is 0 Å². The second-order valence-corrected chi connectivity index (χ2v) is 10.8. The van der Waals surface area contributed by atoms with E-state index in [9.17, 15) is 21.6 Å². The van der Waals surface area contributed by atoms with Crippen molar-refractivity contribution in [2.24, 2.45) is 5.92 Å². The summed E-state index contributed by atoms with van der Waals surface area (Å²) in [7, 11) is -7.26. The Morgan fingerprint density at radius 1 is 1.19 bits per heavy atom. The maximum Gasteiger partial charge on any atom is 0.321 e. The summed E-state index contributed by atoms with van der Waals surface area (Å²) in [4.78, 5) is 11.1. The molecule has 0 saturated carbocycles. The Bertz CT molecular complexity index is 563. The molecule has 0 radical (unpaired) electrons. The summed E-state index contributed by atoms with van der Waals surface area (Å²) in [6, 6.07) is -1.20. The highest BCUT2D eigenvalue weighted by Gasteiger charge is 2.33. The topological polar surface area (TPSA) is 118 Å². The Labute approximate surface area is 127 Å². The van der Waals surface area contributed by atoms with Crippen molar-refractivity contribution in [3.05, 3.63) is 0 Å². The number of carbonyl (C=O) groups is 1. The van der Waals surface area contributed by atoms with Crippen LogP contribution in [0, 0.1) is 5.92 Å². The van der Waals surface area contributed by atoms with Crippen molar-refractivity contribution in [2.75, 3.05) is 12.0 Å². The van der Waals surface area contributed by atoms with Gasteiger partial charge in [-0.25, -0.2) is 21.6 Å². The first-order valence-corrected chi connectivity index (χ1v) is 10.1. The number of aliphatic carboxylic acids is 1. The van der Waals surface area contributed by atoms with Crippen molar-refractivity contribution in [3.63, 3.8) is 0 Å². The summed E-state index contributed by atoms with van der Waals surface area (Å²) in [5.74, 6) is -1.66. The lowest BCUT2D eigenvalue weighted by atomic mass is 10.1. The maximum absolute atomic E-state index is 11.9. The van der Waals surface area contributed by atoms with Gasteiger partial charge in [-0.1, -0.05) is 13.8 Å². The van der Waals surface area contributed by atoms with Gasteiger partial charge in [-0.2, -0.15) is 0 Å². The number of sulfonamides is 1. The predicted octanol–water partition coefficient (Wildman–Crippen LogP) is 0.618. The minimum Gasteiger partial charge on any atom is -0.480 e. The van der Waals surface area contributed by atoms with Crippen LogP contribution in [-0.2, 0) is 24.7 Å². The Kier molecular flexibility index (Phi) is 6.83. The van der Waals surface area contributed by atoms with Crippen LogP contribution in [0.2, 0.25) is 0 Å². The fraction of sp³-hybridized carbons (Fsp3) is 0.917. The van der Waals surface area contributed by atoms with Gasteiger partial charge in [-0.05, 0) is 32.6 Å². The molecule has 0 bridgehead atoms. The highest BCUT2D eigenvalue weighted by molar-refractivity contribution is 7.92. The fourth-order valence-corrected chi connectivity index (χ4v) is 3.64. The molecule has 0 aliphatic rings. The third kappa shape index (κ3) is 7.23. The minimum absolute atomic E-state index is 0.0151. The zero-order chi connectivity index (χ0) is 17.1. The molecule has 0 heterocycles. The number of rotatable bonds is 9. The lowest BCUT2D eigenvalue weighted by Gasteiger charge is -2.23. The lowest BCUT2D eigenvalue weighted by Crippen LogP contribution is -2.44. The molecule has 21 heavy (non-hydrogen) atoms. The van der Waals surface area contributed by atoms with Crippen molar-refractivity contribution in [2.45, 2.75) is 51.3 Å². The number of hydrogen-bond donors (Lipinski definition) is 2. The monoisotopic (exact) mass is 343 g/mol. The molecule has 7 nitrogen and oxygen atoms in total. The molecule has 0 aromatic rings. The molecule has 0 aromatic heterocycles. The van der Waals surface area contributed by atoms with Crippen LogP contribution in [-0.4, -0.2) is 50.7 Å². The van der Waals surface area contributed by atoms with Crippen LogP contribution in [0.15, 0.2) is 0 Å². The van der Waals surface area contributed by atoms with E-state index in [-0.39, 0.29) is 18.8 Å². The molecule has 0 aliphatic heterocycles. The van der Waals surface area contributed by atoms with Gasteiger partial charge < -0.3 is 5.11 Å². The molecule has 0 amide bonds. The highest BCUT2D eigenvalue weighted by atomic mass is 32.2. The van der Waals surface area contributed by atoms with E-state index < -0.39 is 42.4 Å². The fourth-order valence-electron chi connectivity index (χ4n) is 1.51. The van der Waals surface area contributed by atoms with Crippen molar-refractivity contribution in [1.29, 1.82) is 0 Å². The van der Waals surface area contributed by atoms with E-state index in [0.717, 1.165) is 6.26 Å². The zero-order valence-electron chi connectivity index (χ0n) is 13.1. The summed E-state index contributed by atoms with van der Waals surface area (Å²) in [5.41, 5.74) is 0. The van der Waals surface area contributed by atoms with E-state index in [4.69, 9.17) is 5.11 Å². The first-order chi connectivity index (χ1) is 9.18. The molecule has 126 valence electrons. The molecular weight excluding hydrogens is 318 g/mol. The molecule has 2 N–H and O–H groups in total. The summed E-state index contributed by atoms with van der Waals surface area (Å²) < 4.78 is 47.9. The first-order valence-electron chi connectivity index (χ1n) is 6.60. The number of carboxylic acids is 1. The minimum atomic E-state index is -3.86. The second kappa shape index (κ2) is 7.06. The quantitative estimate of drug-likeness (QED) is 0.633. The van der Waals surface area contributed by atoms with Crippen molar-refractivity contribution >= 4 is 25.8 Å². The van der Waals surface area contributed by atoms with Crippen LogP contribution >= 0.6 is 0 Å². The van der Waals surface area contributed by atoms with Crippen molar-refractivity contribution in [3.8, 4) is 0 Å². The number of carboxylic acid groups (broad SMARTS) is 1. The van der Waals surface area contributed by atoms with E-state index in [1.165, 1.54) is 13.8 Å². The summed E-state index contributed by atoms with van der Waals surface area (Å²) in [6.07, 6.45) is 1.12. The molecule has 0 fully saturated rings. The first kappa shape index (κ1) is 20.3. The third-order valence-electron chi connectivity index (χ3n) is 3.30. The molecule has 0 spiro atoms. The van der Waals surface area contributed by atoms with Crippen molar-refractivity contribution < 1.29 is 26.7 Å². The van der Waals surface area contributed by atoms with Gasteiger partial charge in [0.15, 0.2) is 9.84 Å². The summed E-state index contributed by atoms with van der Waals surface area (Å²) >= 11 is 0. The number of sulfone groups is 1. The molecule has 0 saturated heterocycles. The van der Waals surface area contributed by atoms with E-state index in [0.29, 0.717) is 0 Å². The van der Waals surface area contributed by atoms with Gasteiger partial charge in [-0.15, -0.1) is 0 Å². The average Bonchev–Trinajstić information content (AvgIpc) is 2.23. The molecule has 0 aliphatic carbocycles. The Balaban J connectivity index is 4.89. The normalized spacial score (nSPS) is 15.1. The lowest BCUT2D eigenvalue weighted by molar-refractivity contribution is -0.139. The van der Waals surface area contributed by atoms with Gasteiger partial charge in [0.2, 0.25) is 10.0 Å². The third-order valence-corrected chi connectivity index (χ3v) is 6.90. The van der Waals surface area contributed by atoms with Gasteiger partial charge in [0, 0.05) is 6.26 Å². The standard InChI is InChI=1S/C12H25NO6S2/c1-9(2)8-10(11(14)15)13-21(18,19)7-6-12(3,4)20(5,16)17/h9-10,13H,6-8H2,1-5H3,(H,14,15). The van der Waals surface area contributed by atoms with Crippen LogP contribution in [0.3, 0.4) is 0 Å². The van der Waals surface area contributed by atoms with Gasteiger partial charge in [0.05, 0.1) is 10.5 Å². The molecule has 9 heteroatoms. The van der Waals surface area contributed by atoms with E-state index in [1.54, 1.807) is 13.8 Å². The van der Waals surface area contributed by atoms with Gasteiger partial charge >= 0.3 is 5.97 Å². The number of hydrogen-bond acceptors (Lipinski definition) is 5. The van der Waals surface area contributed by atoms with Crippen LogP contribution < -0.4 is 4.72 Å². The Morgan fingerprint density at radius 3 is 2.00 bits per heavy atom. The van der Waals surface area contributed by atoms with Crippen LogP contribution in [0.1, 0.15) is 40.5 Å².